The molecule has 4 nitrogen and oxygen atoms in total. The summed E-state index contributed by atoms with van der Waals surface area (Å²) in [4.78, 5) is 22.8. The number of hydrogen-bond donors (Lipinski definition) is 0. The molecule has 1 aliphatic carbocycles. The fraction of sp³-hybridized carbons (Fsp3) is 0.429. The Morgan fingerprint density at radius 1 is 1.06 bits per heavy atom. The zero-order valence-corrected chi connectivity index (χ0v) is 20.0. The number of carbonyl (C=O) groups excluding carboxylic acids is 1. The van der Waals surface area contributed by atoms with E-state index in [9.17, 15) is 4.79 Å². The van der Waals surface area contributed by atoms with E-state index in [1.54, 1.807) is 0 Å². The first-order chi connectivity index (χ1) is 15.5. The van der Waals surface area contributed by atoms with Crippen LogP contribution in [-0.2, 0) is 0 Å². The van der Waals surface area contributed by atoms with Crippen molar-refractivity contribution in [2.24, 2.45) is 5.92 Å². The molecule has 2 unspecified atom stereocenters. The number of carbonyl (C=O) groups is 1. The number of likely N-dealkylation sites (N-methyl/N-ethyl adjacent to an activating group) is 1. The molecule has 1 saturated heterocycles. The standard InChI is InChI=1S/C26H29N3O.C2H6/c1-17-13-14-29(16-17)23-10-6-7-18(2)25(23)26(30)28(3)24-15-20(24)22-12-11-19-8-4-5-9-21(19)27-22;1-2/h4-12,17,20,24H,13-16H2,1-3H3;1-2H3/t17-,20?,24?;/m0./s1. The molecule has 0 radical (unpaired) electrons. The Kier molecular flexibility index (Phi) is 6.50. The van der Waals surface area contributed by atoms with Crippen LogP contribution in [0, 0.1) is 12.8 Å². The van der Waals surface area contributed by atoms with Gasteiger partial charge in [-0.05, 0) is 49.4 Å². The monoisotopic (exact) mass is 429 g/mol. The van der Waals surface area contributed by atoms with Gasteiger partial charge in [0, 0.05) is 48.9 Å². The first kappa shape index (κ1) is 22.3. The zero-order chi connectivity index (χ0) is 22.8. The topological polar surface area (TPSA) is 36.4 Å². The second-order valence-corrected chi connectivity index (χ2v) is 9.06. The average molecular weight is 430 g/mol. The highest BCUT2D eigenvalue weighted by molar-refractivity contribution is 6.01. The molecule has 1 aromatic heterocycles. The maximum atomic E-state index is 13.6. The Labute approximate surface area is 192 Å². The quantitative estimate of drug-likeness (QED) is 0.507. The summed E-state index contributed by atoms with van der Waals surface area (Å²) < 4.78 is 0. The van der Waals surface area contributed by atoms with Crippen molar-refractivity contribution in [3.8, 4) is 0 Å². The summed E-state index contributed by atoms with van der Waals surface area (Å²) in [6.45, 7) is 10.4. The predicted molar refractivity (Wildman–Crippen MR) is 134 cm³/mol. The minimum atomic E-state index is 0.135. The largest absolute Gasteiger partial charge is 0.371 e. The number of aryl methyl sites for hydroxylation is 1. The Hall–Kier alpha value is -2.88. The van der Waals surface area contributed by atoms with Crippen LogP contribution >= 0.6 is 0 Å². The lowest BCUT2D eigenvalue weighted by Gasteiger charge is -2.26. The second-order valence-electron chi connectivity index (χ2n) is 9.06. The molecule has 2 aliphatic rings. The molecule has 32 heavy (non-hydrogen) atoms. The van der Waals surface area contributed by atoms with Crippen molar-refractivity contribution in [1.29, 1.82) is 0 Å². The number of rotatable bonds is 4. The smallest absolute Gasteiger partial charge is 0.256 e. The van der Waals surface area contributed by atoms with Gasteiger partial charge in [-0.25, -0.2) is 0 Å². The fourth-order valence-corrected chi connectivity index (χ4v) is 4.89. The molecule has 3 aromatic rings. The second kappa shape index (κ2) is 9.32. The van der Waals surface area contributed by atoms with Gasteiger partial charge in [-0.15, -0.1) is 0 Å². The van der Waals surface area contributed by atoms with Gasteiger partial charge in [-0.1, -0.05) is 57.2 Å². The molecule has 1 saturated carbocycles. The minimum absolute atomic E-state index is 0.135. The van der Waals surface area contributed by atoms with Gasteiger partial charge in [0.1, 0.15) is 0 Å². The molecule has 3 atom stereocenters. The average Bonchev–Trinajstić information content (AvgIpc) is 3.51. The Morgan fingerprint density at radius 3 is 2.59 bits per heavy atom. The van der Waals surface area contributed by atoms with Crippen LogP contribution in [0.1, 0.15) is 61.1 Å². The van der Waals surface area contributed by atoms with Crippen molar-refractivity contribution < 1.29 is 4.79 Å². The van der Waals surface area contributed by atoms with Crippen LogP contribution in [-0.4, -0.2) is 42.0 Å². The molecule has 5 rings (SSSR count). The molecule has 4 heteroatoms. The highest BCUT2D eigenvalue weighted by Gasteiger charge is 2.45. The highest BCUT2D eigenvalue weighted by atomic mass is 16.2. The van der Waals surface area contributed by atoms with E-state index in [0.717, 1.165) is 52.9 Å². The van der Waals surface area contributed by atoms with Crippen LogP contribution < -0.4 is 4.90 Å². The molecule has 1 amide bonds. The van der Waals surface area contributed by atoms with Gasteiger partial charge >= 0.3 is 0 Å². The van der Waals surface area contributed by atoms with Gasteiger partial charge < -0.3 is 9.80 Å². The van der Waals surface area contributed by atoms with Crippen LogP contribution in [0.5, 0.6) is 0 Å². The van der Waals surface area contributed by atoms with Crippen LogP contribution in [0.4, 0.5) is 5.69 Å². The number of para-hydroxylation sites is 1. The maximum absolute atomic E-state index is 13.6. The number of nitrogens with zero attached hydrogens (tertiary/aromatic N) is 3. The normalized spacial score (nSPS) is 21.8. The van der Waals surface area contributed by atoms with E-state index in [-0.39, 0.29) is 11.9 Å². The molecule has 0 spiro atoms. The lowest BCUT2D eigenvalue weighted by molar-refractivity contribution is 0.0782. The molecule has 0 N–H and O–H groups in total. The van der Waals surface area contributed by atoms with E-state index >= 15 is 0 Å². The van der Waals surface area contributed by atoms with E-state index in [2.05, 4.69) is 61.2 Å². The third-order valence-electron chi connectivity index (χ3n) is 6.80. The van der Waals surface area contributed by atoms with E-state index in [0.29, 0.717) is 11.8 Å². The van der Waals surface area contributed by atoms with E-state index in [1.807, 2.05) is 37.9 Å². The number of fused-ring (bicyclic) bond motifs is 1. The number of anilines is 1. The maximum Gasteiger partial charge on any atom is 0.256 e. The number of amides is 1. The molecule has 2 heterocycles. The number of aromatic nitrogens is 1. The first-order valence-corrected chi connectivity index (χ1v) is 12.0. The van der Waals surface area contributed by atoms with Gasteiger partial charge in [0.25, 0.3) is 5.91 Å². The summed E-state index contributed by atoms with van der Waals surface area (Å²) >= 11 is 0. The number of pyridine rings is 1. The van der Waals surface area contributed by atoms with Crippen molar-refractivity contribution in [3.63, 3.8) is 0 Å². The predicted octanol–water partition coefficient (Wildman–Crippen LogP) is 6.04. The van der Waals surface area contributed by atoms with E-state index in [4.69, 9.17) is 4.98 Å². The van der Waals surface area contributed by atoms with E-state index < -0.39 is 0 Å². The summed E-state index contributed by atoms with van der Waals surface area (Å²) in [5, 5.41) is 1.16. The Balaban J connectivity index is 0.00000119. The third-order valence-corrected chi connectivity index (χ3v) is 6.80. The molecule has 0 bridgehead atoms. The van der Waals surface area contributed by atoms with Crippen LogP contribution in [0.3, 0.4) is 0 Å². The highest BCUT2D eigenvalue weighted by Crippen LogP contribution is 2.44. The van der Waals surface area contributed by atoms with Crippen LogP contribution in [0.2, 0.25) is 0 Å². The van der Waals surface area contributed by atoms with Crippen molar-refractivity contribution in [1.82, 2.24) is 9.88 Å². The van der Waals surface area contributed by atoms with Crippen LogP contribution in [0.15, 0.2) is 54.6 Å². The van der Waals surface area contributed by atoms with E-state index in [1.165, 1.54) is 6.42 Å². The summed E-state index contributed by atoms with van der Waals surface area (Å²) in [6.07, 6.45) is 2.17. The summed E-state index contributed by atoms with van der Waals surface area (Å²) in [6, 6.07) is 18.9. The van der Waals surface area contributed by atoms with Gasteiger partial charge in [0.05, 0.1) is 11.1 Å². The van der Waals surface area contributed by atoms with Gasteiger partial charge in [-0.2, -0.15) is 0 Å². The molecular weight excluding hydrogens is 394 g/mol. The van der Waals surface area contributed by atoms with Gasteiger partial charge in [-0.3, -0.25) is 9.78 Å². The van der Waals surface area contributed by atoms with Crippen LogP contribution in [0.25, 0.3) is 10.9 Å². The molecule has 1 aliphatic heterocycles. The van der Waals surface area contributed by atoms with Crippen molar-refractivity contribution in [2.75, 3.05) is 25.0 Å². The van der Waals surface area contributed by atoms with Crippen molar-refractivity contribution in [2.45, 2.75) is 52.5 Å². The zero-order valence-electron chi connectivity index (χ0n) is 20.0. The lowest BCUT2D eigenvalue weighted by atomic mass is 10.0. The number of benzene rings is 2. The Bertz CT molecular complexity index is 1110. The third kappa shape index (κ3) is 4.23. The molecule has 2 aromatic carbocycles. The fourth-order valence-electron chi connectivity index (χ4n) is 4.89. The molecular formula is C28H35N3O. The Morgan fingerprint density at radius 2 is 1.84 bits per heavy atom. The lowest BCUT2D eigenvalue weighted by Crippen LogP contribution is -2.32. The van der Waals surface area contributed by atoms with Crippen molar-refractivity contribution >= 4 is 22.5 Å². The minimum Gasteiger partial charge on any atom is -0.371 e. The SMILES string of the molecule is CC.Cc1cccc(N2CC[C@H](C)C2)c1C(=O)N(C)C1CC1c1ccc2ccccc2n1. The molecule has 2 fully saturated rings. The molecule has 168 valence electrons. The van der Waals surface area contributed by atoms with Gasteiger partial charge in [0.2, 0.25) is 0 Å². The number of hydrogen-bond acceptors (Lipinski definition) is 3. The summed E-state index contributed by atoms with van der Waals surface area (Å²) in [5.41, 5.74) is 5.14. The summed E-state index contributed by atoms with van der Waals surface area (Å²) in [5.74, 6) is 1.14. The van der Waals surface area contributed by atoms with Crippen molar-refractivity contribution in [3.05, 3.63) is 71.4 Å². The first-order valence-electron chi connectivity index (χ1n) is 12.0. The van der Waals surface area contributed by atoms with Gasteiger partial charge in [0.15, 0.2) is 0 Å². The summed E-state index contributed by atoms with van der Waals surface area (Å²) in [7, 11) is 1.96.